The third kappa shape index (κ3) is 5.86. The zero-order chi connectivity index (χ0) is 29.4. The Balaban J connectivity index is 1.34. The minimum atomic E-state index is -4.60. The minimum Gasteiger partial charge on any atom is -0.467 e. The minimum absolute atomic E-state index is 0.0227. The zero-order valence-corrected chi connectivity index (χ0v) is 22.7. The van der Waals surface area contributed by atoms with E-state index in [9.17, 15) is 13.2 Å². The fourth-order valence-electron chi connectivity index (χ4n) is 4.47. The van der Waals surface area contributed by atoms with Gasteiger partial charge in [-0.05, 0) is 36.6 Å². The summed E-state index contributed by atoms with van der Waals surface area (Å²) in [6.07, 6.45) is -2.04. The molecule has 0 bridgehead atoms. The molecule has 4 atom stereocenters. The largest absolute Gasteiger partial charge is 0.467 e. The number of amides is 1. The van der Waals surface area contributed by atoms with Gasteiger partial charge in [0.1, 0.15) is 29.6 Å². The highest BCUT2D eigenvalue weighted by atomic mass is 32.2. The predicted octanol–water partition coefficient (Wildman–Crippen LogP) is 1.44. The Hall–Kier alpha value is -4.10. The number of nitrogens with one attached hydrogen (secondary N) is 1. The van der Waals surface area contributed by atoms with Gasteiger partial charge in [-0.3, -0.25) is 13.5 Å². The fraction of sp³-hybridized carbons (Fsp3) is 0.455. The highest BCUT2D eigenvalue weighted by Crippen LogP contribution is 2.44. The summed E-state index contributed by atoms with van der Waals surface area (Å²) < 4.78 is 62.1. The molecule has 4 heterocycles. The van der Waals surface area contributed by atoms with E-state index in [1.165, 1.54) is 30.1 Å². The van der Waals surface area contributed by atoms with Crippen LogP contribution in [0.25, 0.3) is 21.6 Å². The number of azide groups is 1. The Labute approximate surface area is 232 Å². The summed E-state index contributed by atoms with van der Waals surface area (Å²) in [5.74, 6) is -2.15. The summed E-state index contributed by atoms with van der Waals surface area (Å²) in [5.41, 5.74) is 15.1. The number of aromatic nitrogens is 4. The molecule has 0 radical (unpaired) electrons. The summed E-state index contributed by atoms with van der Waals surface area (Å²) in [6.45, 7) is 2.69. The highest BCUT2D eigenvalue weighted by molar-refractivity contribution is 7.85. The number of carbonyl (C=O) groups excluding carboxylic acids is 1. The number of hydrogen-bond donors (Lipinski definition) is 2. The van der Waals surface area contributed by atoms with Crippen LogP contribution in [0.15, 0.2) is 35.7 Å². The number of nitrogen functional groups attached to an aromatic ring is 1. The smallest absolute Gasteiger partial charge is 0.362 e. The first kappa shape index (κ1) is 28.4. The number of hydrogen-bond acceptors (Lipinski definition) is 14. The summed E-state index contributed by atoms with van der Waals surface area (Å²) in [4.78, 5) is 27.7. The van der Waals surface area contributed by atoms with Crippen molar-refractivity contribution in [2.75, 3.05) is 26.2 Å². The standard InChI is InChI=1S/C22H25N9O9S/c1-22(2)39-15-13(8-37-41(33,34)29-19(32)11-6-4-5-7-12(11)36-10-35-3)38-20(16(15)40-22)31-9-25-14-17(23)26-21(28-30-24)27-18(14)31/h4-7,9,13,15-16,20H,8,10H2,1-3H3,(H,29,32)(H2,23,26,27)/t13-,15-,16-,20-/m1/s1. The molecule has 5 rings (SSSR count). The Morgan fingerprint density at radius 2 is 2.02 bits per heavy atom. The van der Waals surface area contributed by atoms with E-state index in [4.69, 9.17) is 39.1 Å². The van der Waals surface area contributed by atoms with Gasteiger partial charge in [-0.2, -0.15) is 8.42 Å². The lowest BCUT2D eigenvalue weighted by Gasteiger charge is -2.24. The van der Waals surface area contributed by atoms with Crippen molar-refractivity contribution >= 4 is 39.1 Å². The van der Waals surface area contributed by atoms with Crippen LogP contribution in [0.2, 0.25) is 0 Å². The van der Waals surface area contributed by atoms with Gasteiger partial charge in [0.25, 0.3) is 5.91 Å². The molecule has 41 heavy (non-hydrogen) atoms. The molecule has 2 saturated heterocycles. The molecule has 0 saturated carbocycles. The summed E-state index contributed by atoms with van der Waals surface area (Å²) in [7, 11) is -3.20. The van der Waals surface area contributed by atoms with Crippen molar-refractivity contribution in [2.45, 2.75) is 44.2 Å². The van der Waals surface area contributed by atoms with Crippen molar-refractivity contribution in [1.29, 1.82) is 0 Å². The molecule has 2 aromatic heterocycles. The Kier molecular flexibility index (Phi) is 7.66. The number of ether oxygens (including phenoxy) is 5. The van der Waals surface area contributed by atoms with Gasteiger partial charge < -0.3 is 29.4 Å². The maximum absolute atomic E-state index is 12.7. The number of para-hydroxylation sites is 1. The molecule has 0 unspecified atom stereocenters. The zero-order valence-electron chi connectivity index (χ0n) is 21.9. The molecule has 19 heteroatoms. The second kappa shape index (κ2) is 11.1. The Morgan fingerprint density at radius 1 is 1.27 bits per heavy atom. The lowest BCUT2D eigenvalue weighted by molar-refractivity contribution is -0.198. The van der Waals surface area contributed by atoms with Crippen molar-refractivity contribution in [2.24, 2.45) is 5.11 Å². The third-order valence-corrected chi connectivity index (χ3v) is 6.92. The van der Waals surface area contributed by atoms with Crippen LogP contribution in [0.1, 0.15) is 30.4 Å². The SMILES string of the molecule is COCOc1ccccc1C(=O)NS(=O)(=O)OC[C@H]1O[C@@H](n2cnc3c(N)nc(N=[N+]=[N-])nc32)[C@@H]2OC(C)(C)O[C@@H]21. The van der Waals surface area contributed by atoms with Crippen molar-refractivity contribution < 1.29 is 41.1 Å². The second-order valence-electron chi connectivity index (χ2n) is 9.27. The fourth-order valence-corrected chi connectivity index (χ4v) is 5.18. The van der Waals surface area contributed by atoms with Crippen molar-refractivity contribution in [3.63, 3.8) is 0 Å². The van der Waals surface area contributed by atoms with Crippen LogP contribution in [0.4, 0.5) is 11.8 Å². The molecule has 18 nitrogen and oxygen atoms in total. The molecular formula is C22H25N9O9S. The molecule has 1 amide bonds. The van der Waals surface area contributed by atoms with Crippen LogP contribution < -0.4 is 15.2 Å². The van der Waals surface area contributed by atoms with E-state index in [1.807, 2.05) is 4.72 Å². The van der Waals surface area contributed by atoms with Gasteiger partial charge in [-0.25, -0.2) is 19.7 Å². The third-order valence-electron chi connectivity index (χ3n) is 6.04. The second-order valence-corrected chi connectivity index (χ2v) is 10.6. The topological polar surface area (TPSA) is 237 Å². The van der Waals surface area contributed by atoms with E-state index >= 15 is 0 Å². The van der Waals surface area contributed by atoms with E-state index in [-0.39, 0.29) is 41.0 Å². The Bertz CT molecular complexity index is 1620. The van der Waals surface area contributed by atoms with Crippen molar-refractivity contribution in [3.8, 4) is 5.75 Å². The summed E-state index contributed by atoms with van der Waals surface area (Å²) in [6, 6.07) is 6.03. The molecule has 3 N–H and O–H groups in total. The molecule has 2 aliphatic rings. The normalized spacial score (nSPS) is 23.2. The number of benzene rings is 1. The van der Waals surface area contributed by atoms with Crippen LogP contribution in [-0.2, 0) is 33.4 Å². The van der Waals surface area contributed by atoms with Crippen LogP contribution in [0.5, 0.6) is 5.75 Å². The van der Waals surface area contributed by atoms with Gasteiger partial charge in [-0.15, -0.1) is 0 Å². The number of methoxy groups -OCH3 is 1. The van der Waals surface area contributed by atoms with Gasteiger partial charge >= 0.3 is 10.3 Å². The van der Waals surface area contributed by atoms with Crippen LogP contribution in [0.3, 0.4) is 0 Å². The van der Waals surface area contributed by atoms with Gasteiger partial charge in [0.15, 0.2) is 30.3 Å². The van der Waals surface area contributed by atoms with E-state index in [2.05, 4.69) is 25.0 Å². The van der Waals surface area contributed by atoms with E-state index < -0.39 is 53.1 Å². The Morgan fingerprint density at radius 3 is 2.78 bits per heavy atom. The van der Waals surface area contributed by atoms with E-state index in [0.717, 1.165) is 0 Å². The highest BCUT2D eigenvalue weighted by Gasteiger charge is 2.56. The number of nitrogens with zero attached hydrogens (tertiary/aromatic N) is 7. The van der Waals surface area contributed by atoms with Crippen molar-refractivity contribution in [3.05, 3.63) is 46.6 Å². The molecule has 2 aliphatic heterocycles. The average Bonchev–Trinajstić information content (AvgIpc) is 3.57. The maximum Gasteiger partial charge on any atom is 0.362 e. The summed E-state index contributed by atoms with van der Waals surface area (Å²) >= 11 is 0. The van der Waals surface area contributed by atoms with Gasteiger partial charge in [0, 0.05) is 12.0 Å². The first-order chi connectivity index (χ1) is 19.5. The van der Waals surface area contributed by atoms with Crippen molar-refractivity contribution in [1.82, 2.24) is 24.2 Å². The molecule has 0 spiro atoms. The maximum atomic E-state index is 12.7. The first-order valence-electron chi connectivity index (χ1n) is 12.0. The number of anilines is 1. The average molecular weight is 592 g/mol. The number of rotatable bonds is 10. The predicted molar refractivity (Wildman–Crippen MR) is 138 cm³/mol. The van der Waals surface area contributed by atoms with Gasteiger partial charge in [0.05, 0.1) is 18.5 Å². The number of carbonyl (C=O) groups is 1. The first-order valence-corrected chi connectivity index (χ1v) is 13.4. The lowest BCUT2D eigenvalue weighted by atomic mass is 10.1. The number of fused-ring (bicyclic) bond motifs is 2. The molecule has 218 valence electrons. The molecule has 3 aromatic rings. The number of imidazole rings is 1. The molecular weight excluding hydrogens is 566 g/mol. The van der Waals surface area contributed by atoms with Crippen LogP contribution in [0, 0.1) is 0 Å². The van der Waals surface area contributed by atoms with E-state index in [0.29, 0.717) is 0 Å². The van der Waals surface area contributed by atoms with Crippen LogP contribution >= 0.6 is 0 Å². The van der Waals surface area contributed by atoms with Crippen LogP contribution in [-0.4, -0.2) is 78.5 Å². The number of nitrogens with two attached hydrogens (primary N) is 1. The monoisotopic (exact) mass is 591 g/mol. The summed E-state index contributed by atoms with van der Waals surface area (Å²) in [5, 5.41) is 3.40. The van der Waals surface area contributed by atoms with Gasteiger partial charge in [0.2, 0.25) is 5.95 Å². The van der Waals surface area contributed by atoms with Gasteiger partial charge in [-0.1, -0.05) is 12.1 Å². The molecule has 1 aromatic carbocycles. The molecule has 0 aliphatic carbocycles. The quantitative estimate of drug-likeness (QED) is 0.147. The molecule has 2 fully saturated rings. The van der Waals surface area contributed by atoms with E-state index in [1.54, 1.807) is 26.0 Å². The lowest BCUT2D eigenvalue weighted by Crippen LogP contribution is -2.37.